The van der Waals surface area contributed by atoms with Gasteiger partial charge in [0.2, 0.25) is 0 Å². The van der Waals surface area contributed by atoms with Crippen LogP contribution in [-0.2, 0) is 16.8 Å². The van der Waals surface area contributed by atoms with Crippen LogP contribution in [0, 0.1) is 0 Å². The van der Waals surface area contributed by atoms with Gasteiger partial charge in [-0.05, 0) is 30.5 Å². The molecule has 0 radical (unpaired) electrons. The van der Waals surface area contributed by atoms with Crippen LogP contribution in [-0.4, -0.2) is 48.4 Å². The zero-order valence-corrected chi connectivity index (χ0v) is 14.5. The molecule has 0 spiro atoms. The first kappa shape index (κ1) is 16.9. The Morgan fingerprint density at radius 3 is 2.86 bits per heavy atom. The molecule has 1 heterocycles. The van der Waals surface area contributed by atoms with Gasteiger partial charge in [0.1, 0.15) is 0 Å². The summed E-state index contributed by atoms with van der Waals surface area (Å²) < 4.78 is 29.1. The Morgan fingerprint density at radius 2 is 2.19 bits per heavy atom. The Balaban J connectivity index is 2.14. The maximum atomic E-state index is 12.7. The lowest BCUT2D eigenvalue weighted by molar-refractivity contribution is 0.149. The zero-order valence-electron chi connectivity index (χ0n) is 12.1. The second-order valence-electron chi connectivity index (χ2n) is 5.34. The fourth-order valence-electron chi connectivity index (χ4n) is 2.61. The van der Waals surface area contributed by atoms with E-state index >= 15 is 0 Å². The number of benzene rings is 1. The van der Waals surface area contributed by atoms with Crippen LogP contribution >= 0.6 is 15.9 Å². The highest BCUT2D eigenvalue weighted by atomic mass is 79.9. The molecule has 1 aromatic carbocycles. The van der Waals surface area contributed by atoms with Gasteiger partial charge >= 0.3 is 0 Å². The van der Waals surface area contributed by atoms with Gasteiger partial charge in [-0.25, -0.2) is 0 Å². The predicted molar refractivity (Wildman–Crippen MR) is 86.0 cm³/mol. The SMILES string of the molecule is CN(Cc1cccc(Br)c1)S(=O)(=O)N1CCCCC1CO. The van der Waals surface area contributed by atoms with E-state index < -0.39 is 10.2 Å². The number of piperidine rings is 1. The van der Waals surface area contributed by atoms with Gasteiger partial charge in [0.15, 0.2) is 0 Å². The number of halogens is 1. The third kappa shape index (κ3) is 4.04. The summed E-state index contributed by atoms with van der Waals surface area (Å²) >= 11 is 3.39. The van der Waals surface area contributed by atoms with E-state index in [1.165, 1.54) is 8.61 Å². The number of rotatable bonds is 5. The summed E-state index contributed by atoms with van der Waals surface area (Å²) in [6, 6.07) is 7.30. The number of hydrogen-bond acceptors (Lipinski definition) is 3. The Morgan fingerprint density at radius 1 is 1.43 bits per heavy atom. The van der Waals surface area contributed by atoms with Gasteiger partial charge < -0.3 is 5.11 Å². The Labute approximate surface area is 134 Å². The molecule has 0 aromatic heterocycles. The van der Waals surface area contributed by atoms with E-state index in [9.17, 15) is 13.5 Å². The lowest BCUT2D eigenvalue weighted by atomic mass is 10.1. The summed E-state index contributed by atoms with van der Waals surface area (Å²) in [5.41, 5.74) is 0.924. The number of nitrogens with zero attached hydrogens (tertiary/aromatic N) is 2. The number of aliphatic hydroxyl groups is 1. The summed E-state index contributed by atoms with van der Waals surface area (Å²) in [5.74, 6) is 0. The van der Waals surface area contributed by atoms with Crippen molar-refractivity contribution in [2.45, 2.75) is 31.8 Å². The zero-order chi connectivity index (χ0) is 15.5. The molecule has 2 rings (SSSR count). The minimum Gasteiger partial charge on any atom is -0.395 e. The van der Waals surface area contributed by atoms with Gasteiger partial charge in [-0.15, -0.1) is 0 Å². The van der Waals surface area contributed by atoms with Crippen LogP contribution in [0.4, 0.5) is 0 Å². The van der Waals surface area contributed by atoms with Crippen molar-refractivity contribution in [3.63, 3.8) is 0 Å². The number of aliphatic hydroxyl groups excluding tert-OH is 1. The quantitative estimate of drug-likeness (QED) is 0.854. The van der Waals surface area contributed by atoms with Crippen LogP contribution in [0.2, 0.25) is 0 Å². The third-order valence-corrected chi connectivity index (χ3v) is 6.25. The predicted octanol–water partition coefficient (Wildman–Crippen LogP) is 1.97. The maximum Gasteiger partial charge on any atom is 0.282 e. The molecule has 1 fully saturated rings. The molecule has 118 valence electrons. The van der Waals surface area contributed by atoms with Gasteiger partial charge in [0.25, 0.3) is 10.2 Å². The largest absolute Gasteiger partial charge is 0.395 e. The molecule has 0 amide bonds. The van der Waals surface area contributed by atoms with Gasteiger partial charge in [0, 0.05) is 30.7 Å². The molecule has 1 saturated heterocycles. The van der Waals surface area contributed by atoms with Crippen molar-refractivity contribution in [2.24, 2.45) is 0 Å². The van der Waals surface area contributed by atoms with Crippen LogP contribution < -0.4 is 0 Å². The second-order valence-corrected chi connectivity index (χ2v) is 8.24. The Hall–Kier alpha value is -0.470. The fraction of sp³-hybridized carbons (Fsp3) is 0.571. The molecule has 1 aliphatic heterocycles. The maximum absolute atomic E-state index is 12.7. The molecular formula is C14H21BrN2O3S. The number of hydrogen-bond donors (Lipinski definition) is 1. The van der Waals surface area contributed by atoms with Crippen LogP contribution in [0.25, 0.3) is 0 Å². The topological polar surface area (TPSA) is 60.9 Å². The highest BCUT2D eigenvalue weighted by molar-refractivity contribution is 9.10. The molecule has 0 aliphatic carbocycles. The monoisotopic (exact) mass is 376 g/mol. The van der Waals surface area contributed by atoms with E-state index in [1.807, 2.05) is 24.3 Å². The Bertz CT molecular complexity index is 579. The van der Waals surface area contributed by atoms with Crippen molar-refractivity contribution < 1.29 is 13.5 Å². The first-order valence-electron chi connectivity index (χ1n) is 7.03. The van der Waals surface area contributed by atoms with E-state index in [4.69, 9.17) is 0 Å². The normalized spacial score (nSPS) is 20.9. The van der Waals surface area contributed by atoms with E-state index in [0.29, 0.717) is 13.1 Å². The van der Waals surface area contributed by atoms with Crippen molar-refractivity contribution in [1.29, 1.82) is 0 Å². The standard InChI is InChI=1S/C14H21BrN2O3S/c1-16(10-12-5-4-6-13(15)9-12)21(19,20)17-8-3-2-7-14(17)11-18/h4-6,9,14,18H,2-3,7-8,10-11H2,1H3. The first-order valence-corrected chi connectivity index (χ1v) is 9.22. The first-order chi connectivity index (χ1) is 9.95. The minimum absolute atomic E-state index is 0.121. The molecular weight excluding hydrogens is 356 g/mol. The van der Waals surface area contributed by atoms with E-state index in [0.717, 1.165) is 29.3 Å². The Kier molecular flexibility index (Phi) is 5.79. The summed E-state index contributed by atoms with van der Waals surface area (Å²) in [6.07, 6.45) is 2.54. The van der Waals surface area contributed by atoms with Crippen LogP contribution in [0.5, 0.6) is 0 Å². The molecule has 5 nitrogen and oxygen atoms in total. The lowest BCUT2D eigenvalue weighted by Crippen LogP contribution is -2.50. The minimum atomic E-state index is -3.54. The van der Waals surface area contributed by atoms with Gasteiger partial charge in [-0.3, -0.25) is 0 Å². The molecule has 21 heavy (non-hydrogen) atoms. The van der Waals surface area contributed by atoms with Crippen molar-refractivity contribution in [3.05, 3.63) is 34.3 Å². The molecule has 0 saturated carbocycles. The molecule has 1 N–H and O–H groups in total. The van der Waals surface area contributed by atoms with E-state index in [1.54, 1.807) is 7.05 Å². The molecule has 7 heteroatoms. The van der Waals surface area contributed by atoms with Crippen LogP contribution in [0.3, 0.4) is 0 Å². The lowest BCUT2D eigenvalue weighted by Gasteiger charge is -2.36. The van der Waals surface area contributed by atoms with Crippen molar-refractivity contribution in [2.75, 3.05) is 20.2 Å². The molecule has 1 aromatic rings. The summed E-state index contributed by atoms with van der Waals surface area (Å²) in [4.78, 5) is 0. The average molecular weight is 377 g/mol. The average Bonchev–Trinajstić information content (AvgIpc) is 2.47. The van der Waals surface area contributed by atoms with Crippen molar-refractivity contribution >= 4 is 26.1 Å². The van der Waals surface area contributed by atoms with E-state index in [2.05, 4.69) is 15.9 Å². The van der Waals surface area contributed by atoms with Gasteiger partial charge in [-0.2, -0.15) is 17.0 Å². The molecule has 0 bridgehead atoms. The van der Waals surface area contributed by atoms with Crippen molar-refractivity contribution in [1.82, 2.24) is 8.61 Å². The highest BCUT2D eigenvalue weighted by Gasteiger charge is 2.34. The van der Waals surface area contributed by atoms with Crippen LogP contribution in [0.1, 0.15) is 24.8 Å². The van der Waals surface area contributed by atoms with Crippen molar-refractivity contribution in [3.8, 4) is 0 Å². The highest BCUT2D eigenvalue weighted by Crippen LogP contribution is 2.23. The fourth-order valence-corrected chi connectivity index (χ4v) is 4.64. The molecule has 1 unspecified atom stereocenters. The van der Waals surface area contributed by atoms with Gasteiger partial charge in [-0.1, -0.05) is 34.5 Å². The smallest absolute Gasteiger partial charge is 0.282 e. The molecule has 1 aliphatic rings. The summed E-state index contributed by atoms with van der Waals surface area (Å²) in [5, 5.41) is 9.40. The summed E-state index contributed by atoms with van der Waals surface area (Å²) in [7, 11) is -1.96. The van der Waals surface area contributed by atoms with Crippen LogP contribution in [0.15, 0.2) is 28.7 Å². The van der Waals surface area contributed by atoms with E-state index in [-0.39, 0.29) is 12.6 Å². The molecule has 1 atom stereocenters. The third-order valence-electron chi connectivity index (χ3n) is 3.77. The second kappa shape index (κ2) is 7.19. The van der Waals surface area contributed by atoms with Gasteiger partial charge in [0.05, 0.1) is 6.61 Å². The summed E-state index contributed by atoms with van der Waals surface area (Å²) in [6.45, 7) is 0.677.